The molecule has 0 bridgehead atoms. The Morgan fingerprint density at radius 2 is 2.33 bits per heavy atom. The van der Waals surface area contributed by atoms with Crippen LogP contribution in [0, 0.1) is 11.3 Å². The molecular weight excluding hydrogens is 154 g/mol. The maximum atomic E-state index is 8.75. The van der Waals surface area contributed by atoms with Crippen molar-refractivity contribution < 1.29 is 4.42 Å². The molecule has 1 aromatic heterocycles. The van der Waals surface area contributed by atoms with E-state index in [0.29, 0.717) is 5.56 Å². The zero-order valence-electron chi connectivity index (χ0n) is 6.79. The van der Waals surface area contributed by atoms with Crippen molar-refractivity contribution in [3.8, 4) is 6.07 Å². The smallest absolute Gasteiger partial charge is 0.208 e. The minimum absolute atomic E-state index is 0.260. The van der Waals surface area contributed by atoms with Gasteiger partial charge in [0.2, 0.25) is 5.88 Å². The fourth-order valence-corrected chi connectivity index (χ4v) is 1.52. The second kappa shape index (κ2) is 2.26. The minimum Gasteiger partial charge on any atom is -0.443 e. The van der Waals surface area contributed by atoms with Crippen LogP contribution in [0.3, 0.4) is 0 Å². The third-order valence-electron chi connectivity index (χ3n) is 2.07. The number of rotatable bonds is 0. The Morgan fingerprint density at radius 3 is 3.00 bits per heavy atom. The Morgan fingerprint density at radius 1 is 1.58 bits per heavy atom. The van der Waals surface area contributed by atoms with Crippen LogP contribution in [0.2, 0.25) is 0 Å². The number of hydrogen-bond donors (Lipinski definition) is 1. The van der Waals surface area contributed by atoms with Gasteiger partial charge in [0.05, 0.1) is 6.54 Å². The first-order valence-electron chi connectivity index (χ1n) is 3.71. The molecule has 2 heterocycles. The van der Waals surface area contributed by atoms with E-state index in [2.05, 4.69) is 11.0 Å². The zero-order valence-corrected chi connectivity index (χ0v) is 6.79. The molecular formula is C8H9N3O. The van der Waals surface area contributed by atoms with Crippen molar-refractivity contribution in [2.45, 2.75) is 13.1 Å². The summed E-state index contributed by atoms with van der Waals surface area (Å²) in [6, 6.07) is 2.05. The first kappa shape index (κ1) is 7.19. The Kier molecular flexibility index (Phi) is 1.35. The van der Waals surface area contributed by atoms with Crippen LogP contribution in [0.5, 0.6) is 0 Å². The summed E-state index contributed by atoms with van der Waals surface area (Å²) in [5.41, 5.74) is 6.96. The second-order valence-electron chi connectivity index (χ2n) is 3.03. The van der Waals surface area contributed by atoms with Crippen molar-refractivity contribution >= 4 is 5.88 Å². The van der Waals surface area contributed by atoms with Crippen molar-refractivity contribution in [2.75, 3.05) is 12.8 Å². The molecule has 4 heteroatoms. The number of fused-ring (bicyclic) bond motifs is 1. The van der Waals surface area contributed by atoms with E-state index in [1.165, 1.54) is 0 Å². The van der Waals surface area contributed by atoms with Gasteiger partial charge in [0.25, 0.3) is 0 Å². The third kappa shape index (κ3) is 0.804. The van der Waals surface area contributed by atoms with Crippen LogP contribution in [0.25, 0.3) is 0 Å². The van der Waals surface area contributed by atoms with Crippen molar-refractivity contribution in [2.24, 2.45) is 0 Å². The molecule has 1 aliphatic heterocycles. The fraction of sp³-hybridized carbons (Fsp3) is 0.375. The largest absolute Gasteiger partial charge is 0.443 e. The molecule has 4 nitrogen and oxygen atoms in total. The van der Waals surface area contributed by atoms with Gasteiger partial charge >= 0.3 is 0 Å². The molecule has 0 spiro atoms. The van der Waals surface area contributed by atoms with E-state index >= 15 is 0 Å². The normalized spacial score (nSPS) is 16.0. The molecule has 1 aliphatic rings. The lowest BCUT2D eigenvalue weighted by molar-refractivity contribution is 0.330. The maximum Gasteiger partial charge on any atom is 0.208 e. The van der Waals surface area contributed by atoms with Crippen molar-refractivity contribution in [3.63, 3.8) is 0 Å². The van der Waals surface area contributed by atoms with Gasteiger partial charge in [-0.05, 0) is 7.05 Å². The molecule has 62 valence electrons. The highest BCUT2D eigenvalue weighted by Gasteiger charge is 2.25. The molecule has 1 aromatic rings. The molecule has 0 atom stereocenters. The first-order chi connectivity index (χ1) is 5.72. The van der Waals surface area contributed by atoms with Crippen molar-refractivity contribution in [1.82, 2.24) is 4.90 Å². The SMILES string of the molecule is CN1Cc2oc(N)c(C#N)c2C1. The van der Waals surface area contributed by atoms with Crippen LogP contribution < -0.4 is 5.73 Å². The number of furan rings is 1. The number of hydrogen-bond acceptors (Lipinski definition) is 4. The van der Waals surface area contributed by atoms with Crippen LogP contribution in [0.1, 0.15) is 16.9 Å². The summed E-state index contributed by atoms with van der Waals surface area (Å²) in [6.07, 6.45) is 0. The van der Waals surface area contributed by atoms with Gasteiger partial charge in [-0.2, -0.15) is 5.26 Å². The molecule has 2 rings (SSSR count). The highest BCUT2D eigenvalue weighted by molar-refractivity contribution is 5.54. The fourth-order valence-electron chi connectivity index (χ4n) is 1.52. The van der Waals surface area contributed by atoms with Crippen LogP contribution >= 0.6 is 0 Å². The second-order valence-corrected chi connectivity index (χ2v) is 3.03. The lowest BCUT2D eigenvalue weighted by atomic mass is 10.2. The van der Waals surface area contributed by atoms with Gasteiger partial charge in [-0.3, -0.25) is 4.90 Å². The average Bonchev–Trinajstić information content (AvgIpc) is 2.43. The predicted octanol–water partition coefficient (Wildman–Crippen LogP) is 0.679. The number of nitriles is 1. The van der Waals surface area contributed by atoms with Crippen molar-refractivity contribution in [3.05, 3.63) is 16.9 Å². The minimum atomic E-state index is 0.260. The molecule has 0 saturated heterocycles. The topological polar surface area (TPSA) is 66.2 Å². The van der Waals surface area contributed by atoms with Crippen molar-refractivity contribution in [1.29, 1.82) is 5.26 Å². The Labute approximate surface area is 70.2 Å². The van der Waals surface area contributed by atoms with Gasteiger partial charge in [0, 0.05) is 12.1 Å². The van der Waals surface area contributed by atoms with Gasteiger partial charge in [-0.25, -0.2) is 0 Å². The molecule has 0 aromatic carbocycles. The Hall–Kier alpha value is -1.47. The Bertz CT molecular complexity index is 361. The van der Waals surface area contributed by atoms with Crippen LogP contribution in [-0.2, 0) is 13.1 Å². The van der Waals surface area contributed by atoms with Gasteiger partial charge in [-0.1, -0.05) is 0 Å². The van der Waals surface area contributed by atoms with Gasteiger partial charge in [0.15, 0.2) is 0 Å². The van der Waals surface area contributed by atoms with E-state index < -0.39 is 0 Å². The lowest BCUT2D eigenvalue weighted by Gasteiger charge is -2.04. The molecule has 0 amide bonds. The van der Waals surface area contributed by atoms with Gasteiger partial charge < -0.3 is 10.2 Å². The summed E-state index contributed by atoms with van der Waals surface area (Å²) < 4.78 is 5.23. The summed E-state index contributed by atoms with van der Waals surface area (Å²) in [4.78, 5) is 2.08. The van der Waals surface area contributed by atoms with E-state index in [1.807, 2.05) is 7.05 Å². The first-order valence-corrected chi connectivity index (χ1v) is 3.71. The summed E-state index contributed by atoms with van der Waals surface area (Å²) in [6.45, 7) is 1.51. The molecule has 0 radical (unpaired) electrons. The molecule has 0 saturated carbocycles. The number of nitrogens with zero attached hydrogens (tertiary/aromatic N) is 2. The van der Waals surface area contributed by atoms with E-state index in [-0.39, 0.29) is 5.88 Å². The van der Waals surface area contributed by atoms with E-state index in [1.54, 1.807) is 0 Å². The molecule has 0 unspecified atom stereocenters. The monoisotopic (exact) mass is 163 g/mol. The summed E-state index contributed by atoms with van der Waals surface area (Å²) >= 11 is 0. The van der Waals surface area contributed by atoms with E-state index in [9.17, 15) is 0 Å². The molecule has 0 aliphatic carbocycles. The van der Waals surface area contributed by atoms with Gasteiger partial charge in [-0.15, -0.1) is 0 Å². The number of nitrogen functional groups attached to an aromatic ring is 1. The van der Waals surface area contributed by atoms with Crippen LogP contribution in [-0.4, -0.2) is 11.9 Å². The maximum absolute atomic E-state index is 8.75. The highest BCUT2D eigenvalue weighted by Crippen LogP contribution is 2.30. The number of anilines is 1. The van der Waals surface area contributed by atoms with Crippen LogP contribution in [0.4, 0.5) is 5.88 Å². The third-order valence-corrected chi connectivity index (χ3v) is 2.07. The molecule has 12 heavy (non-hydrogen) atoms. The average molecular weight is 163 g/mol. The summed E-state index contributed by atoms with van der Waals surface area (Å²) in [5, 5.41) is 8.75. The molecule has 0 fully saturated rings. The highest BCUT2D eigenvalue weighted by atomic mass is 16.4. The summed E-state index contributed by atoms with van der Waals surface area (Å²) in [7, 11) is 1.98. The van der Waals surface area contributed by atoms with Gasteiger partial charge in [0.1, 0.15) is 17.4 Å². The lowest BCUT2D eigenvalue weighted by Crippen LogP contribution is -2.08. The number of nitrogens with two attached hydrogens (primary N) is 1. The molecule has 2 N–H and O–H groups in total. The van der Waals surface area contributed by atoms with E-state index in [4.69, 9.17) is 15.4 Å². The van der Waals surface area contributed by atoms with E-state index in [0.717, 1.165) is 24.4 Å². The summed E-state index contributed by atoms with van der Waals surface area (Å²) in [5.74, 6) is 1.10. The zero-order chi connectivity index (χ0) is 8.72. The standard InChI is InChI=1S/C8H9N3O/c1-11-3-6-5(2-9)8(10)12-7(6)4-11/h3-4,10H2,1H3. The van der Waals surface area contributed by atoms with Crippen LogP contribution in [0.15, 0.2) is 4.42 Å². The predicted molar refractivity (Wildman–Crippen MR) is 43.0 cm³/mol. The quantitative estimate of drug-likeness (QED) is 0.610. The Balaban J connectivity index is 2.53.